The second-order valence-corrected chi connectivity index (χ2v) is 20.2. The van der Waals surface area contributed by atoms with Crippen molar-refractivity contribution in [2.24, 2.45) is 0 Å². The summed E-state index contributed by atoms with van der Waals surface area (Å²) in [6.07, 6.45) is 91.2. The fourth-order valence-electron chi connectivity index (χ4n) is 8.17. The Morgan fingerprint density at radius 3 is 0.805 bits per heavy atom. The van der Waals surface area contributed by atoms with E-state index in [2.05, 4.69) is 167 Å². The summed E-state index contributed by atoms with van der Waals surface area (Å²) in [6.45, 7) is 6.35. The average Bonchev–Trinajstić information content (AvgIpc) is 3.43. The van der Waals surface area contributed by atoms with Crippen molar-refractivity contribution in [2.75, 3.05) is 13.2 Å². The van der Waals surface area contributed by atoms with E-state index >= 15 is 0 Å². The van der Waals surface area contributed by atoms with Crippen LogP contribution in [0.2, 0.25) is 0 Å². The zero-order valence-corrected chi connectivity index (χ0v) is 49.7. The molecule has 0 aromatic carbocycles. The van der Waals surface area contributed by atoms with E-state index in [0.717, 1.165) is 154 Å². The van der Waals surface area contributed by atoms with Crippen LogP contribution in [-0.2, 0) is 28.6 Å². The van der Waals surface area contributed by atoms with E-state index in [4.69, 9.17) is 14.2 Å². The molecule has 0 aliphatic carbocycles. The highest BCUT2D eigenvalue weighted by atomic mass is 16.6. The van der Waals surface area contributed by atoms with Crippen LogP contribution in [0.4, 0.5) is 0 Å². The normalized spacial score (nSPS) is 13.1. The molecule has 0 aromatic heterocycles. The Bertz CT molecular complexity index is 1700. The standard InChI is InChI=1S/C71H114O6/c1-4-7-10-13-16-19-22-25-28-31-34-35-38-40-43-46-49-52-55-58-61-64-70(73)76-67-68(77-71(74)65-62-59-56-53-50-47-44-41-37-33-30-27-24-21-18-15-12-9-6-3)66-75-69(72)63-60-57-54-51-48-45-42-39-36-32-29-26-23-20-17-14-11-8-5-2/h8-9,11-12,17-18,20-22,25-27,29-31,34,36-41,47,50,68H,4-7,10,13-16,19,23-24,28,32-33,35,42-46,48-49,51-67H2,1-3H3/b11-8-,12-9-,20-17-,21-18-,25-22-,29-26-,30-27-,34-31-,39-36-,40-38-,41-37-,50-47-. The maximum Gasteiger partial charge on any atom is 0.306 e. The lowest BCUT2D eigenvalue weighted by Gasteiger charge is -2.18. The maximum absolute atomic E-state index is 12.9. The lowest BCUT2D eigenvalue weighted by Crippen LogP contribution is -2.30. The van der Waals surface area contributed by atoms with Crippen molar-refractivity contribution in [3.63, 3.8) is 0 Å². The van der Waals surface area contributed by atoms with Gasteiger partial charge in [-0.15, -0.1) is 0 Å². The van der Waals surface area contributed by atoms with E-state index < -0.39 is 6.10 Å². The van der Waals surface area contributed by atoms with Gasteiger partial charge in [-0.3, -0.25) is 14.4 Å². The van der Waals surface area contributed by atoms with Crippen LogP contribution in [-0.4, -0.2) is 37.2 Å². The van der Waals surface area contributed by atoms with E-state index in [9.17, 15) is 14.4 Å². The lowest BCUT2D eigenvalue weighted by atomic mass is 10.1. The first-order chi connectivity index (χ1) is 38.0. The third-order valence-corrected chi connectivity index (χ3v) is 12.8. The molecule has 6 heteroatoms. The largest absolute Gasteiger partial charge is 0.462 e. The van der Waals surface area contributed by atoms with Gasteiger partial charge in [0.1, 0.15) is 13.2 Å². The molecule has 0 heterocycles. The van der Waals surface area contributed by atoms with Crippen molar-refractivity contribution in [2.45, 2.75) is 271 Å². The molecule has 77 heavy (non-hydrogen) atoms. The van der Waals surface area contributed by atoms with Crippen LogP contribution in [0, 0.1) is 0 Å². The summed E-state index contributed by atoms with van der Waals surface area (Å²) < 4.78 is 16.9. The van der Waals surface area contributed by atoms with Gasteiger partial charge in [0.25, 0.3) is 0 Å². The molecule has 0 spiro atoms. The molecule has 0 rings (SSSR count). The topological polar surface area (TPSA) is 78.9 Å². The zero-order chi connectivity index (χ0) is 55.7. The summed E-state index contributed by atoms with van der Waals surface area (Å²) in [4.78, 5) is 38.3. The van der Waals surface area contributed by atoms with E-state index in [1.54, 1.807) is 0 Å². The molecule has 6 nitrogen and oxygen atoms in total. The number of unbranched alkanes of at least 4 members (excludes halogenated alkanes) is 20. The number of hydrogen-bond acceptors (Lipinski definition) is 6. The first-order valence-corrected chi connectivity index (χ1v) is 31.3. The number of allylic oxidation sites excluding steroid dienone is 24. The van der Waals surface area contributed by atoms with E-state index in [-0.39, 0.29) is 37.5 Å². The fourth-order valence-corrected chi connectivity index (χ4v) is 8.17. The van der Waals surface area contributed by atoms with Gasteiger partial charge in [-0.2, -0.15) is 0 Å². The molecule has 0 aliphatic rings. The van der Waals surface area contributed by atoms with Gasteiger partial charge in [-0.05, 0) is 141 Å². The minimum Gasteiger partial charge on any atom is -0.462 e. The molecular formula is C71H114O6. The van der Waals surface area contributed by atoms with Crippen molar-refractivity contribution < 1.29 is 28.6 Å². The molecule has 434 valence electrons. The van der Waals surface area contributed by atoms with Crippen molar-refractivity contribution in [1.29, 1.82) is 0 Å². The quantitative estimate of drug-likeness (QED) is 0.0261. The number of carbonyl (C=O) groups excluding carboxylic acids is 3. The monoisotopic (exact) mass is 1060 g/mol. The Morgan fingerprint density at radius 1 is 0.273 bits per heavy atom. The highest BCUT2D eigenvalue weighted by Crippen LogP contribution is 2.14. The molecule has 0 saturated heterocycles. The van der Waals surface area contributed by atoms with Crippen molar-refractivity contribution in [1.82, 2.24) is 0 Å². The number of rotatable bonds is 55. The lowest BCUT2D eigenvalue weighted by molar-refractivity contribution is -0.167. The van der Waals surface area contributed by atoms with Gasteiger partial charge in [0.15, 0.2) is 6.10 Å². The molecule has 1 atom stereocenters. The predicted octanol–water partition coefficient (Wildman–Crippen LogP) is 21.5. The summed E-state index contributed by atoms with van der Waals surface area (Å²) in [5.41, 5.74) is 0. The molecule has 0 fully saturated rings. The summed E-state index contributed by atoms with van der Waals surface area (Å²) in [5, 5.41) is 0. The van der Waals surface area contributed by atoms with Crippen LogP contribution in [0.25, 0.3) is 0 Å². The molecule has 0 aliphatic heterocycles. The Hall–Kier alpha value is -4.71. The zero-order valence-electron chi connectivity index (χ0n) is 49.7. The Labute approximate surface area is 474 Å². The number of hydrogen-bond donors (Lipinski definition) is 0. The Balaban J connectivity index is 4.53. The average molecular weight is 1060 g/mol. The van der Waals surface area contributed by atoms with Crippen LogP contribution in [0.3, 0.4) is 0 Å². The van der Waals surface area contributed by atoms with Gasteiger partial charge in [0.05, 0.1) is 0 Å². The molecule has 1 unspecified atom stereocenters. The van der Waals surface area contributed by atoms with Crippen LogP contribution in [0.1, 0.15) is 265 Å². The smallest absolute Gasteiger partial charge is 0.306 e. The minimum absolute atomic E-state index is 0.109. The first kappa shape index (κ1) is 72.3. The van der Waals surface area contributed by atoms with E-state index in [1.807, 2.05) is 0 Å². The van der Waals surface area contributed by atoms with Crippen LogP contribution in [0.15, 0.2) is 146 Å². The third kappa shape index (κ3) is 62.0. The molecule has 0 aromatic rings. The highest BCUT2D eigenvalue weighted by molar-refractivity contribution is 5.71. The number of carbonyl (C=O) groups is 3. The van der Waals surface area contributed by atoms with E-state index in [0.29, 0.717) is 19.3 Å². The van der Waals surface area contributed by atoms with Crippen LogP contribution < -0.4 is 0 Å². The van der Waals surface area contributed by atoms with Crippen molar-refractivity contribution >= 4 is 17.9 Å². The molecule has 0 bridgehead atoms. The molecule has 0 amide bonds. The van der Waals surface area contributed by atoms with Gasteiger partial charge in [-0.1, -0.05) is 250 Å². The summed E-state index contributed by atoms with van der Waals surface area (Å²) in [5.74, 6) is -0.968. The summed E-state index contributed by atoms with van der Waals surface area (Å²) >= 11 is 0. The number of esters is 3. The maximum atomic E-state index is 12.9. The Kier molecular flexibility index (Phi) is 59.9. The number of ether oxygens (including phenoxy) is 3. The van der Waals surface area contributed by atoms with Gasteiger partial charge in [0, 0.05) is 19.3 Å². The third-order valence-electron chi connectivity index (χ3n) is 12.8. The fraction of sp³-hybridized carbons (Fsp3) is 0.620. The van der Waals surface area contributed by atoms with Gasteiger partial charge < -0.3 is 14.2 Å². The predicted molar refractivity (Wildman–Crippen MR) is 334 cm³/mol. The second-order valence-electron chi connectivity index (χ2n) is 20.2. The highest BCUT2D eigenvalue weighted by Gasteiger charge is 2.19. The Morgan fingerprint density at radius 2 is 0.506 bits per heavy atom. The molecule has 0 N–H and O–H groups in total. The van der Waals surface area contributed by atoms with Crippen LogP contribution >= 0.6 is 0 Å². The molecule has 0 saturated carbocycles. The SMILES string of the molecule is CC/C=C\C/C=C\C/C=C\C/C=C\C/C=C\CCCCCC(=O)OC(COC(=O)CCCCCCCC/C=C\C/C=C\C/C=C\C/C=C\CC)COC(=O)CCCCCCCC/C=C\C/C=C\C/C=C\CCCCCCC. The van der Waals surface area contributed by atoms with Crippen molar-refractivity contribution in [3.05, 3.63) is 146 Å². The second kappa shape index (κ2) is 63.8. The summed E-state index contributed by atoms with van der Waals surface area (Å²) in [6, 6.07) is 0. The van der Waals surface area contributed by atoms with Crippen molar-refractivity contribution in [3.8, 4) is 0 Å². The van der Waals surface area contributed by atoms with Gasteiger partial charge >= 0.3 is 17.9 Å². The molecular weight excluding hydrogens is 949 g/mol. The van der Waals surface area contributed by atoms with Crippen LogP contribution in [0.5, 0.6) is 0 Å². The minimum atomic E-state index is -0.816. The van der Waals surface area contributed by atoms with Gasteiger partial charge in [-0.25, -0.2) is 0 Å². The molecule has 0 radical (unpaired) electrons. The van der Waals surface area contributed by atoms with E-state index in [1.165, 1.54) is 64.2 Å². The summed E-state index contributed by atoms with van der Waals surface area (Å²) in [7, 11) is 0. The van der Waals surface area contributed by atoms with Gasteiger partial charge in [0.2, 0.25) is 0 Å². The first-order valence-electron chi connectivity index (χ1n) is 31.3.